The number of ether oxygens (including phenoxy) is 2. The summed E-state index contributed by atoms with van der Waals surface area (Å²) >= 11 is 0. The molecule has 0 spiro atoms. The number of hydrogen-bond acceptors (Lipinski definition) is 4. The molecular weight excluding hydrogens is 409 g/mol. The fourth-order valence-corrected chi connectivity index (χ4v) is 2.79. The van der Waals surface area contributed by atoms with Crippen LogP contribution in [0, 0.1) is 6.92 Å². The van der Waals surface area contributed by atoms with Gasteiger partial charge in [-0.2, -0.15) is 0 Å². The Balaban J connectivity index is 1.62. The van der Waals surface area contributed by atoms with E-state index in [0.717, 1.165) is 5.69 Å². The van der Waals surface area contributed by atoms with Gasteiger partial charge in [0.2, 0.25) is 0 Å². The van der Waals surface area contributed by atoms with Crippen LogP contribution in [0.3, 0.4) is 0 Å². The van der Waals surface area contributed by atoms with E-state index >= 15 is 0 Å². The van der Waals surface area contributed by atoms with Gasteiger partial charge < -0.3 is 14.8 Å². The maximum absolute atomic E-state index is 12.5. The fraction of sp³-hybridized carbons (Fsp3) is 0.217. The first-order chi connectivity index (χ1) is 14.6. The van der Waals surface area contributed by atoms with E-state index in [0.29, 0.717) is 28.4 Å². The summed E-state index contributed by atoms with van der Waals surface area (Å²) in [5, 5.41) is 2.81. The van der Waals surface area contributed by atoms with Crippen molar-refractivity contribution in [3.05, 3.63) is 77.6 Å². The molecule has 1 N–H and O–H groups in total. The quantitative estimate of drug-likeness (QED) is 0.488. The SMILES string of the molecule is Cc1nc(C(C)C)ccc1C(=O)Nc1ccc(Oc2ccc(OC(F)(F)F)cc2)cc1. The molecule has 0 saturated carbocycles. The number of hydrogen-bond donors (Lipinski definition) is 1. The number of aryl methyl sites for hydroxylation is 1. The van der Waals surface area contributed by atoms with Gasteiger partial charge in [-0.05, 0) is 73.5 Å². The summed E-state index contributed by atoms with van der Waals surface area (Å²) < 4.78 is 46.1. The van der Waals surface area contributed by atoms with Crippen LogP contribution in [-0.2, 0) is 0 Å². The standard InChI is InChI=1S/C23H21F3N2O3/c1-14(2)21-13-12-20(15(3)27-21)22(29)28-16-4-6-17(7-5-16)30-18-8-10-19(11-9-18)31-23(24,25)26/h4-14H,1-3H3,(H,28,29). The molecule has 8 heteroatoms. The van der Waals surface area contributed by atoms with Gasteiger partial charge in [-0.25, -0.2) is 0 Å². The summed E-state index contributed by atoms with van der Waals surface area (Å²) in [6.45, 7) is 5.87. The topological polar surface area (TPSA) is 60.5 Å². The lowest BCUT2D eigenvalue weighted by molar-refractivity contribution is -0.274. The molecule has 0 bridgehead atoms. The molecule has 2 aromatic carbocycles. The normalized spacial score (nSPS) is 11.3. The summed E-state index contributed by atoms with van der Waals surface area (Å²) in [4.78, 5) is 17.0. The van der Waals surface area contributed by atoms with Crippen molar-refractivity contribution in [3.8, 4) is 17.2 Å². The van der Waals surface area contributed by atoms with Crippen molar-refractivity contribution in [3.63, 3.8) is 0 Å². The summed E-state index contributed by atoms with van der Waals surface area (Å²) in [6.07, 6.45) is -4.74. The number of carbonyl (C=O) groups is 1. The van der Waals surface area contributed by atoms with Gasteiger partial charge in [0.15, 0.2) is 0 Å². The number of pyridine rings is 1. The number of halogens is 3. The molecule has 0 unspecified atom stereocenters. The van der Waals surface area contributed by atoms with Crippen LogP contribution in [0.2, 0.25) is 0 Å². The van der Waals surface area contributed by atoms with E-state index in [-0.39, 0.29) is 17.6 Å². The lowest BCUT2D eigenvalue weighted by Crippen LogP contribution is -2.16. The molecule has 0 saturated heterocycles. The number of amides is 1. The van der Waals surface area contributed by atoms with Crippen LogP contribution in [0.1, 0.15) is 41.5 Å². The van der Waals surface area contributed by atoms with Crippen molar-refractivity contribution in [1.82, 2.24) is 4.98 Å². The lowest BCUT2D eigenvalue weighted by atomic mass is 10.1. The molecule has 1 amide bonds. The van der Waals surface area contributed by atoms with E-state index in [2.05, 4.69) is 15.0 Å². The number of benzene rings is 2. The zero-order chi connectivity index (χ0) is 22.6. The van der Waals surface area contributed by atoms with Gasteiger partial charge in [0.05, 0.1) is 11.3 Å². The molecule has 3 rings (SSSR count). The Morgan fingerprint density at radius 1 is 0.903 bits per heavy atom. The predicted octanol–water partition coefficient (Wildman–Crippen LogP) is 6.46. The molecule has 31 heavy (non-hydrogen) atoms. The number of alkyl halides is 3. The van der Waals surface area contributed by atoms with Crippen LogP contribution in [0.25, 0.3) is 0 Å². The number of anilines is 1. The molecule has 0 atom stereocenters. The van der Waals surface area contributed by atoms with Gasteiger partial charge in [0.1, 0.15) is 17.2 Å². The average Bonchev–Trinajstić information content (AvgIpc) is 2.69. The Bertz CT molecular complexity index is 1050. The number of carbonyl (C=O) groups excluding carboxylic acids is 1. The molecule has 0 aliphatic carbocycles. The third-order valence-electron chi connectivity index (χ3n) is 4.35. The van der Waals surface area contributed by atoms with Crippen molar-refractivity contribution >= 4 is 11.6 Å². The minimum Gasteiger partial charge on any atom is -0.457 e. The van der Waals surface area contributed by atoms with E-state index in [1.54, 1.807) is 37.3 Å². The van der Waals surface area contributed by atoms with Gasteiger partial charge in [-0.1, -0.05) is 13.8 Å². The monoisotopic (exact) mass is 430 g/mol. The van der Waals surface area contributed by atoms with Crippen molar-refractivity contribution in [1.29, 1.82) is 0 Å². The van der Waals surface area contributed by atoms with Gasteiger partial charge in [-0.3, -0.25) is 9.78 Å². The summed E-state index contributed by atoms with van der Waals surface area (Å²) in [6, 6.07) is 15.3. The molecule has 0 aliphatic rings. The summed E-state index contributed by atoms with van der Waals surface area (Å²) in [5.74, 6) is 0.481. The smallest absolute Gasteiger partial charge is 0.457 e. The highest BCUT2D eigenvalue weighted by molar-refractivity contribution is 6.05. The Morgan fingerprint density at radius 3 is 1.97 bits per heavy atom. The Hall–Kier alpha value is -3.55. The minimum absolute atomic E-state index is 0.269. The molecule has 162 valence electrons. The lowest BCUT2D eigenvalue weighted by Gasteiger charge is -2.12. The highest BCUT2D eigenvalue weighted by Gasteiger charge is 2.31. The first-order valence-corrected chi connectivity index (χ1v) is 9.53. The van der Waals surface area contributed by atoms with E-state index < -0.39 is 6.36 Å². The van der Waals surface area contributed by atoms with Gasteiger partial charge in [0, 0.05) is 11.4 Å². The van der Waals surface area contributed by atoms with E-state index in [1.165, 1.54) is 24.3 Å². The second-order valence-corrected chi connectivity index (χ2v) is 7.12. The van der Waals surface area contributed by atoms with Gasteiger partial charge in [-0.15, -0.1) is 13.2 Å². The fourth-order valence-electron chi connectivity index (χ4n) is 2.79. The molecule has 0 aliphatic heterocycles. The number of nitrogens with zero attached hydrogens (tertiary/aromatic N) is 1. The second kappa shape index (κ2) is 9.07. The molecular formula is C23H21F3N2O3. The van der Waals surface area contributed by atoms with E-state index in [4.69, 9.17) is 4.74 Å². The molecule has 1 heterocycles. The van der Waals surface area contributed by atoms with Crippen LogP contribution >= 0.6 is 0 Å². The highest BCUT2D eigenvalue weighted by Crippen LogP contribution is 2.28. The molecule has 3 aromatic rings. The minimum atomic E-state index is -4.74. The largest absolute Gasteiger partial charge is 0.573 e. The third-order valence-corrected chi connectivity index (χ3v) is 4.35. The van der Waals surface area contributed by atoms with Crippen LogP contribution in [-0.4, -0.2) is 17.3 Å². The van der Waals surface area contributed by atoms with Crippen molar-refractivity contribution in [2.24, 2.45) is 0 Å². The second-order valence-electron chi connectivity index (χ2n) is 7.12. The van der Waals surface area contributed by atoms with Crippen LogP contribution in [0.5, 0.6) is 17.2 Å². The van der Waals surface area contributed by atoms with E-state index in [9.17, 15) is 18.0 Å². The zero-order valence-corrected chi connectivity index (χ0v) is 17.2. The molecule has 0 fully saturated rings. The first-order valence-electron chi connectivity index (χ1n) is 9.53. The first kappa shape index (κ1) is 22.1. The van der Waals surface area contributed by atoms with Crippen molar-refractivity contribution in [2.75, 3.05) is 5.32 Å². The Morgan fingerprint density at radius 2 is 1.45 bits per heavy atom. The van der Waals surface area contributed by atoms with Gasteiger partial charge in [0.25, 0.3) is 5.91 Å². The summed E-state index contributed by atoms with van der Waals surface area (Å²) in [5.41, 5.74) is 2.64. The molecule has 0 radical (unpaired) electrons. The predicted molar refractivity (Wildman–Crippen MR) is 111 cm³/mol. The van der Waals surface area contributed by atoms with Crippen molar-refractivity contribution < 1.29 is 27.4 Å². The van der Waals surface area contributed by atoms with Gasteiger partial charge >= 0.3 is 6.36 Å². The Labute approximate surface area is 177 Å². The Kier molecular flexibility index (Phi) is 6.48. The maximum atomic E-state index is 12.5. The third kappa shape index (κ3) is 6.21. The number of aromatic nitrogens is 1. The van der Waals surface area contributed by atoms with Crippen LogP contribution in [0.15, 0.2) is 60.7 Å². The molecule has 1 aromatic heterocycles. The van der Waals surface area contributed by atoms with Crippen LogP contribution < -0.4 is 14.8 Å². The summed E-state index contributed by atoms with van der Waals surface area (Å²) in [7, 11) is 0. The zero-order valence-electron chi connectivity index (χ0n) is 17.2. The van der Waals surface area contributed by atoms with Crippen molar-refractivity contribution in [2.45, 2.75) is 33.1 Å². The van der Waals surface area contributed by atoms with Crippen LogP contribution in [0.4, 0.5) is 18.9 Å². The average molecular weight is 430 g/mol. The maximum Gasteiger partial charge on any atom is 0.573 e. The highest BCUT2D eigenvalue weighted by atomic mass is 19.4. The van der Waals surface area contributed by atoms with E-state index in [1.807, 2.05) is 19.9 Å². The number of rotatable bonds is 6. The number of nitrogens with one attached hydrogen (secondary N) is 1. The molecule has 5 nitrogen and oxygen atoms in total.